The summed E-state index contributed by atoms with van der Waals surface area (Å²) in [5.74, 6) is -1.27. The maximum Gasteiger partial charge on any atom is 0.303 e. The van der Waals surface area contributed by atoms with Crippen LogP contribution in [0.4, 0.5) is 0 Å². The molecule has 0 aromatic heterocycles. The first-order valence-corrected chi connectivity index (χ1v) is 9.43. The predicted molar refractivity (Wildman–Crippen MR) is 108 cm³/mol. The van der Waals surface area contributed by atoms with Crippen LogP contribution in [0.5, 0.6) is 0 Å². The third kappa shape index (κ3) is 5.14. The smallest absolute Gasteiger partial charge is 0.303 e. The highest BCUT2D eigenvalue weighted by atomic mass is 79.9. The number of nitrogens with zero attached hydrogens (tertiary/aromatic N) is 2. The van der Waals surface area contributed by atoms with E-state index in [-0.39, 0.29) is 24.8 Å². The number of amides is 1. The molecule has 1 amide bonds. The molecule has 138 valence electrons. The van der Waals surface area contributed by atoms with Crippen molar-refractivity contribution in [3.63, 3.8) is 0 Å². The summed E-state index contributed by atoms with van der Waals surface area (Å²) in [5, 5.41) is 14.8. The van der Waals surface area contributed by atoms with E-state index in [1.54, 1.807) is 0 Å². The summed E-state index contributed by atoms with van der Waals surface area (Å²) in [6.07, 6.45) is 4.23. The summed E-state index contributed by atoms with van der Waals surface area (Å²) in [6.45, 7) is 0. The van der Waals surface area contributed by atoms with Crippen molar-refractivity contribution >= 4 is 39.6 Å². The standard InChI is InChI=1S/C21H19BrN2O3/c22-17-9-7-16(8-10-17)19-14-18(11-6-15-4-2-1-3-5-15)24(23-19)20(25)12-13-21(26)27/h1-11,18H,12-14H2,(H,26,27)/b11-6+. The molecule has 2 aromatic carbocycles. The summed E-state index contributed by atoms with van der Waals surface area (Å²) < 4.78 is 0.972. The third-order valence-corrected chi connectivity index (χ3v) is 4.77. The molecular formula is C21H19BrN2O3. The fraction of sp³-hybridized carbons (Fsp3) is 0.190. The van der Waals surface area contributed by atoms with E-state index < -0.39 is 5.97 Å². The van der Waals surface area contributed by atoms with Crippen molar-refractivity contribution in [3.8, 4) is 0 Å². The molecule has 0 saturated carbocycles. The maximum atomic E-state index is 12.5. The van der Waals surface area contributed by atoms with Crippen LogP contribution >= 0.6 is 15.9 Å². The van der Waals surface area contributed by atoms with Crippen LogP contribution in [0.2, 0.25) is 0 Å². The number of rotatable bonds is 6. The molecule has 0 saturated heterocycles. The number of hydrazone groups is 1. The van der Waals surface area contributed by atoms with Crippen molar-refractivity contribution in [3.05, 3.63) is 76.3 Å². The third-order valence-electron chi connectivity index (χ3n) is 4.24. The Kier molecular flexibility index (Phi) is 6.19. The Bertz CT molecular complexity index is 876. The molecule has 5 nitrogen and oxygen atoms in total. The van der Waals surface area contributed by atoms with Gasteiger partial charge in [-0.05, 0) is 23.3 Å². The van der Waals surface area contributed by atoms with Crippen molar-refractivity contribution < 1.29 is 14.7 Å². The monoisotopic (exact) mass is 426 g/mol. The van der Waals surface area contributed by atoms with Gasteiger partial charge in [0.25, 0.3) is 0 Å². The van der Waals surface area contributed by atoms with E-state index >= 15 is 0 Å². The quantitative estimate of drug-likeness (QED) is 0.746. The lowest BCUT2D eigenvalue weighted by Gasteiger charge is -2.18. The van der Waals surface area contributed by atoms with Crippen LogP contribution in [0.3, 0.4) is 0 Å². The van der Waals surface area contributed by atoms with Crippen molar-refractivity contribution in [2.75, 3.05) is 0 Å². The fourth-order valence-corrected chi connectivity index (χ4v) is 3.12. The number of carboxylic acid groups (broad SMARTS) is 1. The van der Waals surface area contributed by atoms with Crippen LogP contribution in [-0.2, 0) is 9.59 Å². The highest BCUT2D eigenvalue weighted by Crippen LogP contribution is 2.24. The number of carbonyl (C=O) groups excluding carboxylic acids is 1. The molecule has 1 N–H and O–H groups in total. The summed E-state index contributed by atoms with van der Waals surface area (Å²) in [5.41, 5.74) is 2.80. The highest BCUT2D eigenvalue weighted by molar-refractivity contribution is 9.10. The second-order valence-corrected chi connectivity index (χ2v) is 7.14. The summed E-state index contributed by atoms with van der Waals surface area (Å²) >= 11 is 3.41. The van der Waals surface area contributed by atoms with Crippen LogP contribution in [0, 0.1) is 0 Å². The first kappa shape index (κ1) is 19.0. The predicted octanol–water partition coefficient (Wildman–Crippen LogP) is 4.33. The number of carboxylic acids is 1. The van der Waals surface area contributed by atoms with Crippen molar-refractivity contribution in [1.82, 2.24) is 5.01 Å². The average molecular weight is 427 g/mol. The Morgan fingerprint density at radius 1 is 1.11 bits per heavy atom. The van der Waals surface area contributed by atoms with Gasteiger partial charge in [-0.15, -0.1) is 0 Å². The Morgan fingerprint density at radius 3 is 2.48 bits per heavy atom. The van der Waals surface area contributed by atoms with E-state index in [9.17, 15) is 9.59 Å². The van der Waals surface area contributed by atoms with E-state index in [1.807, 2.05) is 66.7 Å². The van der Waals surface area contributed by atoms with Gasteiger partial charge < -0.3 is 5.11 Å². The van der Waals surface area contributed by atoms with E-state index in [2.05, 4.69) is 21.0 Å². The Balaban J connectivity index is 1.82. The lowest BCUT2D eigenvalue weighted by Crippen LogP contribution is -2.31. The molecular weight excluding hydrogens is 408 g/mol. The van der Waals surface area contributed by atoms with Crippen molar-refractivity contribution in [1.29, 1.82) is 0 Å². The molecule has 27 heavy (non-hydrogen) atoms. The largest absolute Gasteiger partial charge is 0.481 e. The number of halogens is 1. The number of hydrogen-bond acceptors (Lipinski definition) is 3. The van der Waals surface area contributed by atoms with Crippen LogP contribution in [0.15, 0.2) is 70.2 Å². The van der Waals surface area contributed by atoms with Crippen LogP contribution < -0.4 is 0 Å². The molecule has 0 fully saturated rings. The molecule has 1 heterocycles. The topological polar surface area (TPSA) is 70.0 Å². The fourth-order valence-electron chi connectivity index (χ4n) is 2.85. The molecule has 0 radical (unpaired) electrons. The minimum Gasteiger partial charge on any atom is -0.481 e. The molecule has 1 aliphatic heterocycles. The number of aliphatic carboxylic acids is 1. The van der Waals surface area contributed by atoms with Gasteiger partial charge in [-0.25, -0.2) is 5.01 Å². The van der Waals surface area contributed by atoms with Gasteiger partial charge in [0, 0.05) is 17.3 Å². The zero-order chi connectivity index (χ0) is 19.2. The Hall–Kier alpha value is -2.73. The second-order valence-electron chi connectivity index (χ2n) is 6.23. The molecule has 0 bridgehead atoms. The van der Waals surface area contributed by atoms with Crippen molar-refractivity contribution in [2.24, 2.45) is 5.10 Å². The minimum atomic E-state index is -0.990. The average Bonchev–Trinajstić information content (AvgIpc) is 3.10. The lowest BCUT2D eigenvalue weighted by atomic mass is 10.0. The van der Waals surface area contributed by atoms with E-state index in [1.165, 1.54) is 5.01 Å². The van der Waals surface area contributed by atoms with Gasteiger partial charge in [0.15, 0.2) is 0 Å². The van der Waals surface area contributed by atoms with Crippen LogP contribution in [-0.4, -0.2) is 33.7 Å². The second kappa shape index (κ2) is 8.77. The lowest BCUT2D eigenvalue weighted by molar-refractivity contribution is -0.141. The van der Waals surface area contributed by atoms with Gasteiger partial charge in [-0.2, -0.15) is 5.10 Å². The number of hydrogen-bond donors (Lipinski definition) is 1. The number of benzene rings is 2. The number of carbonyl (C=O) groups is 2. The molecule has 2 aromatic rings. The normalized spacial score (nSPS) is 16.6. The molecule has 1 aliphatic rings. The van der Waals surface area contributed by atoms with Crippen LogP contribution in [0.1, 0.15) is 30.4 Å². The highest BCUT2D eigenvalue weighted by Gasteiger charge is 2.30. The summed E-state index contributed by atoms with van der Waals surface area (Å²) in [4.78, 5) is 23.3. The molecule has 0 spiro atoms. The van der Waals surface area contributed by atoms with E-state index in [0.29, 0.717) is 6.42 Å². The molecule has 3 rings (SSSR count). The zero-order valence-electron chi connectivity index (χ0n) is 14.6. The van der Waals surface area contributed by atoms with Gasteiger partial charge in [0.05, 0.1) is 18.2 Å². The Morgan fingerprint density at radius 2 is 1.81 bits per heavy atom. The summed E-state index contributed by atoms with van der Waals surface area (Å²) in [7, 11) is 0. The van der Waals surface area contributed by atoms with E-state index in [4.69, 9.17) is 5.11 Å². The molecule has 1 atom stereocenters. The Labute approximate surface area is 166 Å². The maximum absolute atomic E-state index is 12.5. The first-order valence-electron chi connectivity index (χ1n) is 8.63. The molecule has 6 heteroatoms. The first-order chi connectivity index (χ1) is 13.0. The van der Waals surface area contributed by atoms with E-state index in [0.717, 1.165) is 21.3 Å². The molecule has 0 aliphatic carbocycles. The molecule has 1 unspecified atom stereocenters. The van der Waals surface area contributed by atoms with Gasteiger partial charge in [-0.3, -0.25) is 9.59 Å². The van der Waals surface area contributed by atoms with Crippen molar-refractivity contribution in [2.45, 2.75) is 25.3 Å². The van der Waals surface area contributed by atoms with Gasteiger partial charge in [0.1, 0.15) is 0 Å². The zero-order valence-corrected chi connectivity index (χ0v) is 16.2. The van der Waals surface area contributed by atoms with Gasteiger partial charge in [0.2, 0.25) is 5.91 Å². The van der Waals surface area contributed by atoms with Crippen LogP contribution in [0.25, 0.3) is 6.08 Å². The minimum absolute atomic E-state index is 0.0673. The van der Waals surface area contributed by atoms with Gasteiger partial charge in [-0.1, -0.05) is 70.5 Å². The van der Waals surface area contributed by atoms with Gasteiger partial charge >= 0.3 is 5.97 Å². The summed E-state index contributed by atoms with van der Waals surface area (Å²) in [6, 6.07) is 17.4. The SMILES string of the molecule is O=C(O)CCC(=O)N1N=C(c2ccc(Br)cc2)CC1/C=C/c1ccccc1.